The highest BCUT2D eigenvalue weighted by Crippen LogP contribution is 2.17. The van der Waals surface area contributed by atoms with E-state index in [4.69, 9.17) is 0 Å². The van der Waals surface area contributed by atoms with Gasteiger partial charge in [-0.15, -0.1) is 0 Å². The highest BCUT2D eigenvalue weighted by molar-refractivity contribution is 5.76. The van der Waals surface area contributed by atoms with Gasteiger partial charge in [0.05, 0.1) is 18.8 Å². The van der Waals surface area contributed by atoms with Crippen LogP contribution < -0.4 is 5.32 Å². The molecule has 0 aromatic rings. The number of aliphatic hydroxyl groups is 2. The number of carbonyl (C=O) groups is 1. The predicted molar refractivity (Wildman–Crippen MR) is 262 cm³/mol. The number of hydrogen-bond donors (Lipinski definition) is 3. The number of unbranched alkanes of at least 4 members (excludes halogenated alkanes) is 35. The molecule has 4 nitrogen and oxygen atoms in total. The highest BCUT2D eigenvalue weighted by Gasteiger charge is 2.18. The molecule has 0 aliphatic carbocycles. The molecule has 59 heavy (non-hydrogen) atoms. The third-order valence-corrected chi connectivity index (χ3v) is 12.1. The Bertz CT molecular complexity index is 939. The van der Waals surface area contributed by atoms with Crippen molar-refractivity contribution in [3.05, 3.63) is 48.6 Å². The minimum Gasteiger partial charge on any atom is -0.394 e. The van der Waals surface area contributed by atoms with Crippen molar-refractivity contribution in [2.24, 2.45) is 0 Å². The predicted octanol–water partition coefficient (Wildman–Crippen LogP) is 17.1. The SMILES string of the molecule is CC/C=C\C/C=C\C/C=C\CCCCCCCCCC(=O)NC(CO)C(O)/C=C/CCCCCCCCCCCCCCCCCCCCCCCCCCCCCC. The van der Waals surface area contributed by atoms with Crippen LogP contribution in [0.25, 0.3) is 0 Å². The van der Waals surface area contributed by atoms with Crippen LogP contribution in [-0.2, 0) is 4.79 Å². The van der Waals surface area contributed by atoms with Gasteiger partial charge in [-0.05, 0) is 51.4 Å². The zero-order valence-corrected chi connectivity index (χ0v) is 39.8. The summed E-state index contributed by atoms with van der Waals surface area (Å²) in [6.07, 6.45) is 69.8. The van der Waals surface area contributed by atoms with Gasteiger partial charge in [-0.1, -0.05) is 268 Å². The van der Waals surface area contributed by atoms with Gasteiger partial charge in [0.2, 0.25) is 5.91 Å². The first-order chi connectivity index (χ1) is 29.2. The topological polar surface area (TPSA) is 69.6 Å². The van der Waals surface area contributed by atoms with Crippen LogP contribution in [0.4, 0.5) is 0 Å². The molecule has 0 aliphatic rings. The zero-order chi connectivity index (χ0) is 42.8. The van der Waals surface area contributed by atoms with Gasteiger partial charge in [-0.25, -0.2) is 0 Å². The van der Waals surface area contributed by atoms with Crippen molar-refractivity contribution in [2.75, 3.05) is 6.61 Å². The molecule has 3 N–H and O–H groups in total. The van der Waals surface area contributed by atoms with Gasteiger partial charge in [0.15, 0.2) is 0 Å². The lowest BCUT2D eigenvalue weighted by Gasteiger charge is -2.20. The van der Waals surface area contributed by atoms with Gasteiger partial charge in [-0.2, -0.15) is 0 Å². The maximum absolute atomic E-state index is 12.4. The summed E-state index contributed by atoms with van der Waals surface area (Å²) in [7, 11) is 0. The van der Waals surface area contributed by atoms with E-state index in [0.717, 1.165) is 57.8 Å². The third-order valence-electron chi connectivity index (χ3n) is 12.1. The Hall–Kier alpha value is -1.65. The first kappa shape index (κ1) is 57.3. The summed E-state index contributed by atoms with van der Waals surface area (Å²) >= 11 is 0. The molecule has 0 aromatic heterocycles. The highest BCUT2D eigenvalue weighted by atomic mass is 16.3. The zero-order valence-electron chi connectivity index (χ0n) is 39.8. The molecule has 0 spiro atoms. The van der Waals surface area contributed by atoms with Crippen molar-refractivity contribution in [3.8, 4) is 0 Å². The Morgan fingerprint density at radius 3 is 1.12 bits per heavy atom. The molecule has 0 heterocycles. The smallest absolute Gasteiger partial charge is 0.220 e. The van der Waals surface area contributed by atoms with E-state index in [1.807, 2.05) is 6.08 Å². The molecular weight excluding hydrogens is 723 g/mol. The van der Waals surface area contributed by atoms with Crippen LogP contribution in [0.1, 0.15) is 277 Å². The number of amides is 1. The molecule has 4 heteroatoms. The lowest BCUT2D eigenvalue weighted by molar-refractivity contribution is -0.123. The number of aliphatic hydroxyl groups excluding tert-OH is 2. The fourth-order valence-electron chi connectivity index (χ4n) is 8.08. The van der Waals surface area contributed by atoms with Gasteiger partial charge in [0, 0.05) is 6.42 Å². The van der Waals surface area contributed by atoms with Gasteiger partial charge in [0.1, 0.15) is 0 Å². The van der Waals surface area contributed by atoms with Crippen molar-refractivity contribution >= 4 is 5.91 Å². The average molecular weight is 826 g/mol. The molecular formula is C55H103NO3. The fraction of sp³-hybridized carbons (Fsp3) is 0.836. The second-order valence-corrected chi connectivity index (χ2v) is 17.9. The molecule has 2 unspecified atom stereocenters. The van der Waals surface area contributed by atoms with Crippen molar-refractivity contribution in [2.45, 2.75) is 289 Å². The number of rotatable bonds is 48. The molecule has 0 radical (unpaired) electrons. The monoisotopic (exact) mass is 826 g/mol. The van der Waals surface area contributed by atoms with E-state index in [0.29, 0.717) is 6.42 Å². The summed E-state index contributed by atoms with van der Waals surface area (Å²) in [5.41, 5.74) is 0. The molecule has 0 bridgehead atoms. The van der Waals surface area contributed by atoms with Crippen molar-refractivity contribution in [1.29, 1.82) is 0 Å². The quantitative estimate of drug-likeness (QED) is 0.0423. The van der Waals surface area contributed by atoms with Gasteiger partial charge >= 0.3 is 0 Å². The van der Waals surface area contributed by atoms with Crippen LogP contribution in [0.15, 0.2) is 48.6 Å². The van der Waals surface area contributed by atoms with Crippen LogP contribution in [0, 0.1) is 0 Å². The fourth-order valence-corrected chi connectivity index (χ4v) is 8.08. The Balaban J connectivity index is 3.48. The van der Waals surface area contributed by atoms with E-state index < -0.39 is 12.1 Å². The van der Waals surface area contributed by atoms with Crippen molar-refractivity contribution in [1.82, 2.24) is 5.32 Å². The first-order valence-electron chi connectivity index (χ1n) is 26.4. The third kappa shape index (κ3) is 47.3. The standard InChI is InChI=1S/C55H103NO3/c1-3-5-7-9-11-13-15-17-19-21-22-23-24-25-26-27-28-29-30-31-32-33-35-36-38-40-42-44-46-48-50-54(58)53(52-57)56-55(59)51-49-47-45-43-41-39-37-34-20-18-16-14-12-10-8-6-4-2/h6,8,12,14,18,20,48,50,53-54,57-58H,3-5,7,9-11,13,15-17,19,21-47,49,51-52H2,1-2H3,(H,56,59)/b8-6-,14-12-,20-18-,50-48+. The maximum Gasteiger partial charge on any atom is 0.220 e. The summed E-state index contributed by atoms with van der Waals surface area (Å²) in [6, 6.07) is -0.629. The minimum absolute atomic E-state index is 0.0729. The van der Waals surface area contributed by atoms with Crippen molar-refractivity contribution in [3.63, 3.8) is 0 Å². The van der Waals surface area contributed by atoms with Crippen LogP contribution in [-0.4, -0.2) is 34.9 Å². The second kappa shape index (κ2) is 50.7. The Labute approximate surface area is 369 Å². The lowest BCUT2D eigenvalue weighted by atomic mass is 10.0. The van der Waals surface area contributed by atoms with Gasteiger partial charge in [0.25, 0.3) is 0 Å². The second-order valence-electron chi connectivity index (χ2n) is 17.9. The molecule has 0 aliphatic heterocycles. The molecule has 0 fully saturated rings. The Morgan fingerprint density at radius 2 is 0.746 bits per heavy atom. The van der Waals surface area contributed by atoms with E-state index in [2.05, 4.69) is 55.6 Å². The van der Waals surface area contributed by atoms with E-state index in [-0.39, 0.29) is 12.5 Å². The molecule has 0 saturated carbocycles. The minimum atomic E-state index is -0.845. The Morgan fingerprint density at radius 1 is 0.424 bits per heavy atom. The molecule has 346 valence electrons. The van der Waals surface area contributed by atoms with Crippen LogP contribution in [0.5, 0.6) is 0 Å². The number of nitrogens with one attached hydrogen (secondary N) is 1. The van der Waals surface area contributed by atoms with E-state index in [9.17, 15) is 15.0 Å². The van der Waals surface area contributed by atoms with Crippen LogP contribution >= 0.6 is 0 Å². The summed E-state index contributed by atoms with van der Waals surface area (Å²) < 4.78 is 0. The Kier molecular flexibility index (Phi) is 49.3. The molecule has 0 rings (SSSR count). The summed E-state index contributed by atoms with van der Waals surface area (Å²) in [4.78, 5) is 12.4. The lowest BCUT2D eigenvalue weighted by Crippen LogP contribution is -2.45. The van der Waals surface area contributed by atoms with Crippen LogP contribution in [0.2, 0.25) is 0 Å². The average Bonchev–Trinajstić information content (AvgIpc) is 3.24. The van der Waals surface area contributed by atoms with E-state index in [1.54, 1.807) is 6.08 Å². The van der Waals surface area contributed by atoms with E-state index >= 15 is 0 Å². The molecule has 2 atom stereocenters. The number of allylic oxidation sites excluding steroid dienone is 7. The molecule has 0 aromatic carbocycles. The number of hydrogen-bond acceptors (Lipinski definition) is 3. The normalized spacial score (nSPS) is 13.2. The largest absolute Gasteiger partial charge is 0.394 e. The first-order valence-corrected chi connectivity index (χ1v) is 26.4. The summed E-state index contributed by atoms with van der Waals surface area (Å²) in [5.74, 6) is -0.0729. The maximum atomic E-state index is 12.4. The molecule has 0 saturated heterocycles. The molecule has 1 amide bonds. The summed E-state index contributed by atoms with van der Waals surface area (Å²) in [6.45, 7) is 4.21. The van der Waals surface area contributed by atoms with Crippen molar-refractivity contribution < 1.29 is 15.0 Å². The van der Waals surface area contributed by atoms with Gasteiger partial charge in [-0.3, -0.25) is 4.79 Å². The number of carbonyl (C=O) groups excluding carboxylic acids is 1. The van der Waals surface area contributed by atoms with Crippen LogP contribution in [0.3, 0.4) is 0 Å². The van der Waals surface area contributed by atoms with Gasteiger partial charge < -0.3 is 15.5 Å². The van der Waals surface area contributed by atoms with E-state index in [1.165, 1.54) is 199 Å². The summed E-state index contributed by atoms with van der Waals surface area (Å²) in [5, 5.41) is 23.1.